The van der Waals surface area contributed by atoms with E-state index >= 15 is 0 Å². The Balaban J connectivity index is 1.60. The van der Waals surface area contributed by atoms with E-state index in [-0.39, 0.29) is 5.97 Å². The number of aromatic amines is 1. The van der Waals surface area contributed by atoms with Gasteiger partial charge in [-0.1, -0.05) is 12.8 Å². The van der Waals surface area contributed by atoms with Crippen LogP contribution in [0, 0.1) is 0 Å². The molecule has 2 aromatic rings. The van der Waals surface area contributed by atoms with Crippen LogP contribution in [0.4, 0.5) is 0 Å². The van der Waals surface area contributed by atoms with Crippen LogP contribution >= 0.6 is 11.8 Å². The number of nitrogens with one attached hydrogen (secondary N) is 1. The predicted octanol–water partition coefficient (Wildman–Crippen LogP) is 2.96. The van der Waals surface area contributed by atoms with E-state index in [1.54, 1.807) is 24.4 Å². The molecule has 1 N–H and O–H groups in total. The second kappa shape index (κ2) is 8.61. The van der Waals surface area contributed by atoms with E-state index in [0.717, 1.165) is 42.0 Å². The molecule has 0 unspecified atom stereocenters. The van der Waals surface area contributed by atoms with Gasteiger partial charge in [-0.25, -0.2) is 15.0 Å². The van der Waals surface area contributed by atoms with Crippen LogP contribution in [-0.2, 0) is 9.53 Å². The molecular formula is C14H20N4O2S. The number of H-pyrrole nitrogens is 1. The largest absolute Gasteiger partial charge is 0.466 e. The molecule has 2 aromatic heterocycles. The Labute approximate surface area is 128 Å². The molecule has 0 aliphatic carbocycles. The molecule has 2 rings (SSSR count). The molecule has 7 heteroatoms. The zero-order chi connectivity index (χ0) is 14.9. The van der Waals surface area contributed by atoms with Gasteiger partial charge in [-0.2, -0.15) is 0 Å². The van der Waals surface area contributed by atoms with Crippen molar-refractivity contribution in [3.63, 3.8) is 0 Å². The van der Waals surface area contributed by atoms with Crippen LogP contribution in [0.5, 0.6) is 0 Å². The number of hydrogen-bond donors (Lipinski definition) is 1. The van der Waals surface area contributed by atoms with Crippen LogP contribution in [0.1, 0.15) is 39.0 Å². The molecule has 0 saturated heterocycles. The maximum atomic E-state index is 11.2. The Kier molecular flexibility index (Phi) is 6.46. The number of carbonyl (C=O) groups is 1. The molecule has 0 saturated carbocycles. The number of fused-ring (bicyclic) bond motifs is 1. The molecule has 0 radical (unpaired) electrons. The molecule has 0 aromatic carbocycles. The highest BCUT2D eigenvalue weighted by Crippen LogP contribution is 2.23. The Morgan fingerprint density at radius 3 is 2.95 bits per heavy atom. The van der Waals surface area contributed by atoms with Crippen molar-refractivity contribution >= 4 is 28.9 Å². The monoisotopic (exact) mass is 308 g/mol. The highest BCUT2D eigenvalue weighted by molar-refractivity contribution is 7.99. The first-order chi connectivity index (χ1) is 10.3. The van der Waals surface area contributed by atoms with Gasteiger partial charge in [-0.05, 0) is 25.5 Å². The molecule has 21 heavy (non-hydrogen) atoms. The summed E-state index contributed by atoms with van der Waals surface area (Å²) < 4.78 is 4.89. The van der Waals surface area contributed by atoms with E-state index in [1.165, 1.54) is 0 Å². The lowest BCUT2D eigenvalue weighted by Gasteiger charge is -2.03. The van der Waals surface area contributed by atoms with Crippen molar-refractivity contribution in [3.8, 4) is 0 Å². The van der Waals surface area contributed by atoms with Crippen molar-refractivity contribution in [1.82, 2.24) is 19.9 Å². The lowest BCUT2D eigenvalue weighted by molar-refractivity contribution is -0.143. The summed E-state index contributed by atoms with van der Waals surface area (Å²) in [6.45, 7) is 2.30. The molecule has 0 spiro atoms. The number of nitrogens with zero attached hydrogens (tertiary/aromatic N) is 3. The summed E-state index contributed by atoms with van der Waals surface area (Å²) >= 11 is 1.71. The van der Waals surface area contributed by atoms with E-state index in [1.807, 2.05) is 6.92 Å². The second-order valence-electron chi connectivity index (χ2n) is 4.60. The van der Waals surface area contributed by atoms with Gasteiger partial charge in [0.25, 0.3) is 0 Å². The van der Waals surface area contributed by atoms with Crippen LogP contribution in [0.25, 0.3) is 11.2 Å². The molecule has 0 fully saturated rings. The third kappa shape index (κ3) is 5.00. The van der Waals surface area contributed by atoms with E-state index in [9.17, 15) is 4.79 Å². The molecule has 0 bridgehead atoms. The maximum absolute atomic E-state index is 11.2. The molecule has 6 nitrogen and oxygen atoms in total. The Hall–Kier alpha value is -1.63. The number of aromatic nitrogens is 4. The topological polar surface area (TPSA) is 80.8 Å². The quantitative estimate of drug-likeness (QED) is 0.332. The number of imidazole rings is 1. The van der Waals surface area contributed by atoms with E-state index in [4.69, 9.17) is 4.74 Å². The van der Waals surface area contributed by atoms with Crippen LogP contribution in [-0.4, -0.2) is 38.3 Å². The van der Waals surface area contributed by atoms with Crippen molar-refractivity contribution in [3.05, 3.63) is 12.7 Å². The number of rotatable bonds is 9. The Morgan fingerprint density at radius 2 is 2.10 bits per heavy atom. The van der Waals surface area contributed by atoms with Crippen LogP contribution < -0.4 is 0 Å². The first kappa shape index (κ1) is 15.8. The molecular weight excluding hydrogens is 288 g/mol. The fraction of sp³-hybridized carbons (Fsp3) is 0.571. The molecule has 0 atom stereocenters. The number of hydrogen-bond acceptors (Lipinski definition) is 6. The molecule has 2 heterocycles. The summed E-state index contributed by atoms with van der Waals surface area (Å²) in [6, 6.07) is 0. The van der Waals surface area contributed by atoms with E-state index < -0.39 is 0 Å². The SMILES string of the molecule is CCOC(=O)CCCCCCSc1ncnc2nc[nH]c12. The fourth-order valence-electron chi connectivity index (χ4n) is 1.98. The van der Waals surface area contributed by atoms with Gasteiger partial charge in [0.15, 0.2) is 5.65 Å². The number of ether oxygens (including phenoxy) is 1. The van der Waals surface area contributed by atoms with Gasteiger partial charge in [0.05, 0.1) is 12.9 Å². The van der Waals surface area contributed by atoms with Crippen LogP contribution in [0.2, 0.25) is 0 Å². The average Bonchev–Trinajstić information content (AvgIpc) is 2.95. The lowest BCUT2D eigenvalue weighted by Crippen LogP contribution is -2.03. The minimum absolute atomic E-state index is 0.0884. The van der Waals surface area contributed by atoms with E-state index in [2.05, 4.69) is 19.9 Å². The summed E-state index contributed by atoms with van der Waals surface area (Å²) in [7, 11) is 0. The smallest absolute Gasteiger partial charge is 0.305 e. The minimum Gasteiger partial charge on any atom is -0.466 e. The van der Waals surface area contributed by atoms with Crippen molar-refractivity contribution in [2.75, 3.05) is 12.4 Å². The standard InChI is InChI=1S/C14H20N4O2S/c1-2-20-11(19)7-5-3-4-6-8-21-14-12-13(16-9-15-12)17-10-18-14/h9-10H,2-8H2,1H3,(H,15,16,17,18). The maximum Gasteiger partial charge on any atom is 0.305 e. The van der Waals surface area contributed by atoms with Crippen molar-refractivity contribution < 1.29 is 9.53 Å². The summed E-state index contributed by atoms with van der Waals surface area (Å²) in [5.41, 5.74) is 1.62. The number of thioether (sulfide) groups is 1. The van der Waals surface area contributed by atoms with Gasteiger partial charge < -0.3 is 9.72 Å². The number of esters is 1. The highest BCUT2D eigenvalue weighted by atomic mass is 32.2. The first-order valence-electron chi connectivity index (χ1n) is 7.23. The van der Waals surface area contributed by atoms with Gasteiger partial charge >= 0.3 is 5.97 Å². The zero-order valence-corrected chi connectivity index (χ0v) is 13.0. The third-order valence-corrected chi connectivity index (χ3v) is 4.08. The fourth-order valence-corrected chi connectivity index (χ4v) is 2.94. The van der Waals surface area contributed by atoms with Crippen molar-refractivity contribution in [1.29, 1.82) is 0 Å². The lowest BCUT2D eigenvalue weighted by atomic mass is 10.1. The van der Waals surface area contributed by atoms with E-state index in [0.29, 0.717) is 18.7 Å². The van der Waals surface area contributed by atoms with Gasteiger partial charge in [0, 0.05) is 6.42 Å². The predicted molar refractivity (Wildman–Crippen MR) is 82.1 cm³/mol. The minimum atomic E-state index is -0.0884. The second-order valence-corrected chi connectivity index (χ2v) is 5.68. The molecule has 0 amide bonds. The van der Waals surface area contributed by atoms with Gasteiger partial charge in [-0.15, -0.1) is 11.8 Å². The van der Waals surface area contributed by atoms with Crippen molar-refractivity contribution in [2.45, 2.75) is 44.1 Å². The summed E-state index contributed by atoms with van der Waals surface area (Å²) in [5.74, 6) is 0.916. The third-order valence-electron chi connectivity index (χ3n) is 3.01. The Morgan fingerprint density at radius 1 is 1.24 bits per heavy atom. The molecule has 0 aliphatic heterocycles. The first-order valence-corrected chi connectivity index (χ1v) is 8.22. The van der Waals surface area contributed by atoms with Crippen LogP contribution in [0.3, 0.4) is 0 Å². The van der Waals surface area contributed by atoms with Gasteiger partial charge in [0.1, 0.15) is 16.9 Å². The zero-order valence-electron chi connectivity index (χ0n) is 12.2. The average molecular weight is 308 g/mol. The summed E-state index contributed by atoms with van der Waals surface area (Å²) in [5, 5.41) is 0.948. The summed E-state index contributed by atoms with van der Waals surface area (Å²) in [6.07, 6.45) is 7.90. The normalized spacial score (nSPS) is 10.9. The van der Waals surface area contributed by atoms with Gasteiger partial charge in [-0.3, -0.25) is 4.79 Å². The highest BCUT2D eigenvalue weighted by Gasteiger charge is 2.06. The molecule has 114 valence electrons. The van der Waals surface area contributed by atoms with Gasteiger partial charge in [0.2, 0.25) is 0 Å². The number of unbranched alkanes of at least 4 members (excludes halogenated alkanes) is 3. The summed E-state index contributed by atoms with van der Waals surface area (Å²) in [4.78, 5) is 26.7. The van der Waals surface area contributed by atoms with Crippen LogP contribution in [0.15, 0.2) is 17.7 Å². The Bertz CT molecular complexity index is 573. The number of carbonyl (C=O) groups excluding carboxylic acids is 1. The van der Waals surface area contributed by atoms with Crippen molar-refractivity contribution in [2.24, 2.45) is 0 Å². The molecule has 0 aliphatic rings.